The Labute approximate surface area is 230 Å². The first-order valence-corrected chi connectivity index (χ1v) is 12.7. The molecule has 1 aliphatic heterocycles. The number of amides is 3. The Morgan fingerprint density at radius 1 is 1.10 bits per heavy atom. The van der Waals surface area contributed by atoms with Gasteiger partial charge >= 0.3 is 12.1 Å². The van der Waals surface area contributed by atoms with Crippen molar-refractivity contribution in [1.82, 2.24) is 15.3 Å². The minimum atomic E-state index is -1.06. The van der Waals surface area contributed by atoms with E-state index in [1.54, 1.807) is 45.2 Å². The number of nitrogens with one attached hydrogen (secondary N) is 4. The van der Waals surface area contributed by atoms with Crippen LogP contribution in [0, 0.1) is 0 Å². The van der Waals surface area contributed by atoms with Crippen LogP contribution in [0.1, 0.15) is 38.3 Å². The molecule has 1 aromatic heterocycles. The highest BCUT2D eigenvalue weighted by Crippen LogP contribution is 2.32. The summed E-state index contributed by atoms with van der Waals surface area (Å²) in [5.41, 5.74) is 1.03. The lowest BCUT2D eigenvalue weighted by molar-refractivity contribution is -0.147. The molecule has 0 bridgehead atoms. The molecule has 1 aliphatic rings. The maximum atomic E-state index is 13.0. The maximum Gasteiger partial charge on any atom is 0.408 e. The highest BCUT2D eigenvalue weighted by atomic mass is 16.6. The monoisotopic (exact) mass is 549 g/mol. The van der Waals surface area contributed by atoms with Gasteiger partial charge in [0.15, 0.2) is 6.10 Å². The number of imidazole rings is 1. The fourth-order valence-electron chi connectivity index (χ4n) is 3.85. The van der Waals surface area contributed by atoms with Gasteiger partial charge < -0.3 is 29.8 Å². The van der Waals surface area contributed by atoms with E-state index in [2.05, 4.69) is 25.9 Å². The van der Waals surface area contributed by atoms with Gasteiger partial charge in [0.25, 0.3) is 5.91 Å². The van der Waals surface area contributed by atoms with E-state index in [-0.39, 0.29) is 25.4 Å². The molecule has 0 fully saturated rings. The number of H-pyrrole nitrogens is 1. The van der Waals surface area contributed by atoms with Gasteiger partial charge in [-0.25, -0.2) is 14.6 Å². The Morgan fingerprint density at radius 2 is 1.88 bits per heavy atom. The molecule has 40 heavy (non-hydrogen) atoms. The van der Waals surface area contributed by atoms with Crippen LogP contribution in [0.3, 0.4) is 0 Å². The molecule has 210 valence electrons. The van der Waals surface area contributed by atoms with E-state index >= 15 is 0 Å². The molecule has 1 unspecified atom stereocenters. The van der Waals surface area contributed by atoms with Gasteiger partial charge in [0.05, 0.1) is 12.1 Å². The molecule has 2 heterocycles. The second-order valence-corrected chi connectivity index (χ2v) is 10.1. The van der Waals surface area contributed by atoms with Crippen LogP contribution in [0.4, 0.5) is 16.4 Å². The van der Waals surface area contributed by atoms with Gasteiger partial charge in [0.1, 0.15) is 24.0 Å². The minimum Gasteiger partial charge on any atom is -0.478 e. The number of carbonyl (C=O) groups excluding carboxylic acids is 4. The summed E-state index contributed by atoms with van der Waals surface area (Å²) in [6, 6.07) is 13.1. The molecule has 12 heteroatoms. The summed E-state index contributed by atoms with van der Waals surface area (Å²) in [6.07, 6.45) is 1.09. The summed E-state index contributed by atoms with van der Waals surface area (Å²) in [5, 5.41) is 7.88. The number of hydrogen-bond acceptors (Lipinski definition) is 8. The Bertz CT molecular complexity index is 1350. The third-order valence-electron chi connectivity index (χ3n) is 5.63. The van der Waals surface area contributed by atoms with Crippen LogP contribution >= 0.6 is 0 Å². The zero-order valence-electron chi connectivity index (χ0n) is 22.4. The van der Waals surface area contributed by atoms with Crippen molar-refractivity contribution in [3.05, 3.63) is 72.1 Å². The van der Waals surface area contributed by atoms with Crippen LogP contribution in [0.2, 0.25) is 0 Å². The van der Waals surface area contributed by atoms with Crippen molar-refractivity contribution in [1.29, 1.82) is 0 Å². The molecule has 12 nitrogen and oxygen atoms in total. The van der Waals surface area contributed by atoms with Crippen molar-refractivity contribution in [3.8, 4) is 5.75 Å². The van der Waals surface area contributed by atoms with Crippen molar-refractivity contribution >= 4 is 35.5 Å². The van der Waals surface area contributed by atoms with Crippen LogP contribution in [0.5, 0.6) is 5.75 Å². The van der Waals surface area contributed by atoms with E-state index in [1.807, 2.05) is 30.3 Å². The molecule has 2 atom stereocenters. The standard InChI is InChI=1S/C28H31N5O7/c1-28(2,3)40-27(37)32-20(25(36)38-16-17-7-5-4-6-8-17)14-18-9-10-21-19(13-18)31-24(35)22(39-21)15-23(34)33-26-29-11-12-30-26/h4-13,20,22H,14-16H2,1-3H3,(H,31,35)(H,32,37)(H2,29,30,33,34)/t20-,22?/m0/s1. The quantitative estimate of drug-likeness (QED) is 0.296. The highest BCUT2D eigenvalue weighted by molar-refractivity contribution is 6.01. The zero-order valence-corrected chi connectivity index (χ0v) is 22.4. The number of aromatic nitrogens is 2. The third kappa shape index (κ3) is 8.06. The summed E-state index contributed by atoms with van der Waals surface area (Å²) in [4.78, 5) is 57.1. The van der Waals surface area contributed by atoms with Crippen LogP contribution < -0.4 is 20.7 Å². The first kappa shape index (κ1) is 28.1. The second kappa shape index (κ2) is 12.3. The Kier molecular flexibility index (Phi) is 8.67. The number of aromatic amines is 1. The molecule has 0 aliphatic carbocycles. The van der Waals surface area contributed by atoms with Gasteiger partial charge in [-0.1, -0.05) is 36.4 Å². The number of ether oxygens (including phenoxy) is 3. The van der Waals surface area contributed by atoms with Crippen LogP contribution in [0.15, 0.2) is 60.9 Å². The lowest BCUT2D eigenvalue weighted by Gasteiger charge is -2.26. The van der Waals surface area contributed by atoms with E-state index < -0.39 is 41.6 Å². The van der Waals surface area contributed by atoms with Crippen molar-refractivity contribution in [2.45, 2.75) is 58.0 Å². The normalized spacial score (nSPS) is 15.1. The second-order valence-electron chi connectivity index (χ2n) is 10.1. The molecular formula is C28H31N5O7. The number of alkyl carbamates (subject to hydrolysis) is 1. The first-order chi connectivity index (χ1) is 19.1. The molecule has 3 aromatic rings. The number of rotatable bonds is 9. The smallest absolute Gasteiger partial charge is 0.408 e. The predicted octanol–water partition coefficient (Wildman–Crippen LogP) is 3.32. The fraction of sp³-hybridized carbons (Fsp3) is 0.321. The van der Waals surface area contributed by atoms with Crippen LogP contribution in [0.25, 0.3) is 0 Å². The summed E-state index contributed by atoms with van der Waals surface area (Å²) in [6.45, 7) is 5.19. The first-order valence-electron chi connectivity index (χ1n) is 12.7. The Balaban J connectivity index is 1.43. The average molecular weight is 550 g/mol. The van der Waals surface area contributed by atoms with Gasteiger partial charge in [0, 0.05) is 18.8 Å². The molecule has 4 rings (SSSR count). The van der Waals surface area contributed by atoms with Crippen molar-refractivity contribution in [3.63, 3.8) is 0 Å². The average Bonchev–Trinajstić information content (AvgIpc) is 3.40. The molecule has 4 N–H and O–H groups in total. The van der Waals surface area contributed by atoms with E-state index in [9.17, 15) is 19.2 Å². The molecular weight excluding hydrogens is 518 g/mol. The summed E-state index contributed by atoms with van der Waals surface area (Å²) in [5.74, 6) is -0.953. The minimum absolute atomic E-state index is 0.0368. The summed E-state index contributed by atoms with van der Waals surface area (Å²) < 4.78 is 16.6. The van der Waals surface area contributed by atoms with Gasteiger partial charge in [-0.05, 0) is 44.0 Å². The number of hydrogen-bond donors (Lipinski definition) is 4. The molecule has 2 aromatic carbocycles. The maximum absolute atomic E-state index is 13.0. The lowest BCUT2D eigenvalue weighted by Crippen LogP contribution is -2.45. The van der Waals surface area contributed by atoms with E-state index in [1.165, 1.54) is 6.20 Å². The van der Waals surface area contributed by atoms with Gasteiger partial charge in [0.2, 0.25) is 11.9 Å². The van der Waals surface area contributed by atoms with Crippen LogP contribution in [-0.4, -0.2) is 51.6 Å². The van der Waals surface area contributed by atoms with Crippen molar-refractivity contribution < 1.29 is 33.4 Å². The van der Waals surface area contributed by atoms with E-state index in [4.69, 9.17) is 14.2 Å². The van der Waals surface area contributed by atoms with E-state index in [0.717, 1.165) is 5.56 Å². The predicted molar refractivity (Wildman–Crippen MR) is 144 cm³/mol. The lowest BCUT2D eigenvalue weighted by atomic mass is 10.0. The number of benzene rings is 2. The van der Waals surface area contributed by atoms with Crippen LogP contribution in [-0.2, 0) is 36.9 Å². The highest BCUT2D eigenvalue weighted by Gasteiger charge is 2.31. The zero-order chi connectivity index (χ0) is 28.7. The number of anilines is 2. The fourth-order valence-corrected chi connectivity index (χ4v) is 3.85. The Hall–Kier alpha value is -4.87. The molecule has 3 amide bonds. The van der Waals surface area contributed by atoms with Gasteiger partial charge in [-0.3, -0.25) is 14.9 Å². The number of nitrogens with zero attached hydrogens (tertiary/aromatic N) is 1. The Morgan fingerprint density at radius 3 is 2.58 bits per heavy atom. The van der Waals surface area contributed by atoms with Gasteiger partial charge in [-0.2, -0.15) is 0 Å². The SMILES string of the molecule is CC(C)(C)OC(=O)N[C@@H](Cc1ccc2c(c1)NC(=O)C(CC(=O)Nc1ncc[nH]1)O2)C(=O)OCc1ccccc1. The number of carbonyl (C=O) groups is 4. The van der Waals surface area contributed by atoms with E-state index in [0.29, 0.717) is 17.0 Å². The summed E-state index contributed by atoms with van der Waals surface area (Å²) in [7, 11) is 0. The topological polar surface area (TPSA) is 161 Å². The molecule has 0 spiro atoms. The molecule has 0 saturated carbocycles. The number of esters is 1. The number of fused-ring (bicyclic) bond motifs is 1. The largest absolute Gasteiger partial charge is 0.478 e. The van der Waals surface area contributed by atoms with Crippen molar-refractivity contribution in [2.24, 2.45) is 0 Å². The van der Waals surface area contributed by atoms with Crippen molar-refractivity contribution in [2.75, 3.05) is 10.6 Å². The molecule has 0 saturated heterocycles. The van der Waals surface area contributed by atoms with Gasteiger partial charge in [-0.15, -0.1) is 0 Å². The summed E-state index contributed by atoms with van der Waals surface area (Å²) >= 11 is 0. The molecule has 0 radical (unpaired) electrons. The third-order valence-corrected chi connectivity index (χ3v) is 5.63.